The first-order chi connectivity index (χ1) is 8.26. The number of ether oxygens (including phenoxy) is 1. The van der Waals surface area contributed by atoms with Crippen molar-refractivity contribution in [3.8, 4) is 0 Å². The van der Waals surface area contributed by atoms with Gasteiger partial charge in [0.05, 0.1) is 20.5 Å². The van der Waals surface area contributed by atoms with Crippen LogP contribution in [0.15, 0.2) is 0 Å². The fourth-order valence-electron chi connectivity index (χ4n) is 2.12. The monoisotopic (exact) mass is 273 g/mol. The van der Waals surface area contributed by atoms with E-state index in [9.17, 15) is 4.79 Å². The molecule has 0 saturated carbocycles. The van der Waals surface area contributed by atoms with Crippen molar-refractivity contribution in [2.75, 3.05) is 26.0 Å². The predicted molar refractivity (Wildman–Crippen MR) is 78.8 cm³/mol. The molecule has 0 aromatic rings. The fourth-order valence-corrected chi connectivity index (χ4v) is 3.06. The summed E-state index contributed by atoms with van der Waals surface area (Å²) >= 11 is 0. The Morgan fingerprint density at radius 2 is 2.22 bits per heavy atom. The van der Waals surface area contributed by atoms with E-state index in [0.717, 1.165) is 32.2 Å². The highest BCUT2D eigenvalue weighted by Gasteiger charge is 2.25. The minimum Gasteiger partial charge on any atom is -0.444 e. The second-order valence-electron chi connectivity index (χ2n) is 6.06. The zero-order chi connectivity index (χ0) is 13.8. The number of likely N-dealkylation sites (tertiary alicyclic amines) is 1. The Labute approximate surface area is 111 Å². The van der Waals surface area contributed by atoms with Crippen LogP contribution in [-0.4, -0.2) is 55.0 Å². The minimum absolute atomic E-state index is 0.153. The molecule has 2 atom stereocenters. The molecule has 1 fully saturated rings. The van der Waals surface area contributed by atoms with Gasteiger partial charge in [-0.15, -0.1) is 0 Å². The van der Waals surface area contributed by atoms with Crippen molar-refractivity contribution in [1.29, 1.82) is 0 Å². The Balaban J connectivity index is 2.38. The number of carbonyl (C=O) groups is 1. The summed E-state index contributed by atoms with van der Waals surface area (Å²) in [6, 6.07) is 0.212. The molecule has 1 aliphatic heterocycles. The molecule has 0 aromatic carbocycles. The van der Waals surface area contributed by atoms with Crippen LogP contribution in [0.25, 0.3) is 0 Å². The molecule has 0 radical (unpaired) electrons. The van der Waals surface area contributed by atoms with E-state index in [1.54, 1.807) is 0 Å². The molecule has 5 heteroatoms. The average Bonchev–Trinajstić information content (AvgIpc) is 2.13. The third-order valence-electron chi connectivity index (χ3n) is 2.67. The van der Waals surface area contributed by atoms with Gasteiger partial charge in [-0.3, -0.25) is 4.90 Å². The van der Waals surface area contributed by atoms with Gasteiger partial charge in [-0.2, -0.15) is 0 Å². The fraction of sp³-hybridized carbons (Fsp3) is 0.846. The van der Waals surface area contributed by atoms with E-state index in [4.69, 9.17) is 4.74 Å². The van der Waals surface area contributed by atoms with Crippen LogP contribution in [0.5, 0.6) is 0 Å². The molecule has 104 valence electrons. The molecule has 4 nitrogen and oxygen atoms in total. The zero-order valence-electron chi connectivity index (χ0n) is 12.0. The molecule has 1 aliphatic rings. The van der Waals surface area contributed by atoms with Crippen molar-refractivity contribution in [2.24, 2.45) is 0 Å². The number of carbonyl (C=O) groups excluding carboxylic acids is 1. The molecule has 0 bridgehead atoms. The van der Waals surface area contributed by atoms with Gasteiger partial charge in [-0.1, -0.05) is 0 Å². The standard InChI is InChI=1S/C13H25N2O2P/c1-13(2,3)17-12(16)14-11-7-6-8-15(9-11)10-18(4)5/h11H,4,6-10H2,1-3,5H3/p+1. The number of rotatable bonds is 3. The summed E-state index contributed by atoms with van der Waals surface area (Å²) in [5.41, 5.74) is -0.427. The first-order valence-electron chi connectivity index (χ1n) is 6.50. The van der Waals surface area contributed by atoms with E-state index in [0.29, 0.717) is 0 Å². The van der Waals surface area contributed by atoms with Crippen molar-refractivity contribution in [1.82, 2.24) is 10.2 Å². The Hall–Kier alpha value is -0.600. The van der Waals surface area contributed by atoms with Gasteiger partial charge in [-0.25, -0.2) is 4.79 Å². The van der Waals surface area contributed by atoms with Crippen LogP contribution >= 0.6 is 7.55 Å². The molecule has 0 aromatic heterocycles. The van der Waals surface area contributed by atoms with Crippen molar-refractivity contribution < 1.29 is 9.53 Å². The molecule has 1 N–H and O–H groups in total. The van der Waals surface area contributed by atoms with Gasteiger partial charge in [-0.05, 0) is 33.6 Å². The first-order valence-corrected chi connectivity index (χ1v) is 8.66. The van der Waals surface area contributed by atoms with Gasteiger partial charge < -0.3 is 10.1 Å². The third kappa shape index (κ3) is 6.36. The molecule has 0 aliphatic carbocycles. The van der Waals surface area contributed by atoms with Crippen molar-refractivity contribution in [3.05, 3.63) is 0 Å². The van der Waals surface area contributed by atoms with Gasteiger partial charge in [0.25, 0.3) is 0 Å². The van der Waals surface area contributed by atoms with Crippen LogP contribution in [-0.2, 0) is 4.74 Å². The lowest BCUT2D eigenvalue weighted by Gasteiger charge is -2.31. The quantitative estimate of drug-likeness (QED) is 0.803. The Kier molecular flexibility index (Phi) is 5.61. The van der Waals surface area contributed by atoms with Gasteiger partial charge in [0.2, 0.25) is 0 Å². The average molecular weight is 273 g/mol. The highest BCUT2D eigenvalue weighted by molar-refractivity contribution is 7.54. The molecule has 0 spiro atoms. The number of hydrogen-bond donors (Lipinski definition) is 1. The van der Waals surface area contributed by atoms with Crippen molar-refractivity contribution in [2.45, 2.75) is 45.3 Å². The molecule has 1 amide bonds. The third-order valence-corrected chi connectivity index (χ3v) is 3.55. The molecular formula is C13H26N2O2P+. The second-order valence-corrected chi connectivity index (χ2v) is 8.05. The van der Waals surface area contributed by atoms with E-state index >= 15 is 0 Å². The van der Waals surface area contributed by atoms with E-state index in [1.165, 1.54) is 0 Å². The summed E-state index contributed by atoms with van der Waals surface area (Å²) in [6.45, 7) is 9.86. The maximum absolute atomic E-state index is 11.7. The number of piperidine rings is 1. The summed E-state index contributed by atoms with van der Waals surface area (Å²) in [5.74, 6) is 0. The van der Waals surface area contributed by atoms with Crippen LogP contribution < -0.4 is 5.32 Å². The Morgan fingerprint density at radius 1 is 1.56 bits per heavy atom. The van der Waals surface area contributed by atoms with Gasteiger partial charge >= 0.3 is 6.09 Å². The summed E-state index contributed by atoms with van der Waals surface area (Å²) in [6.07, 6.45) is 7.00. The van der Waals surface area contributed by atoms with Crippen LogP contribution in [0, 0.1) is 0 Å². The van der Waals surface area contributed by atoms with E-state index in [-0.39, 0.29) is 19.7 Å². The smallest absolute Gasteiger partial charge is 0.407 e. The second kappa shape index (κ2) is 6.53. The lowest BCUT2D eigenvalue weighted by atomic mass is 10.1. The SMILES string of the molecule is C=[P+](C)CN1CCCC(NC(=O)OC(C)(C)C)C1. The van der Waals surface area contributed by atoms with Crippen molar-refractivity contribution >= 4 is 19.9 Å². The summed E-state index contributed by atoms with van der Waals surface area (Å²) < 4.78 is 5.28. The summed E-state index contributed by atoms with van der Waals surface area (Å²) in [4.78, 5) is 14.1. The Morgan fingerprint density at radius 3 is 2.78 bits per heavy atom. The van der Waals surface area contributed by atoms with E-state index in [1.807, 2.05) is 20.8 Å². The summed E-state index contributed by atoms with van der Waals surface area (Å²) in [5, 5.41) is 2.96. The van der Waals surface area contributed by atoms with Gasteiger partial charge in [0.1, 0.15) is 5.60 Å². The molecule has 1 rings (SSSR count). The summed E-state index contributed by atoms with van der Waals surface area (Å²) in [7, 11) is -0.153. The van der Waals surface area contributed by atoms with E-state index < -0.39 is 5.60 Å². The topological polar surface area (TPSA) is 41.6 Å². The molecule has 1 saturated heterocycles. The number of nitrogens with one attached hydrogen (secondary N) is 1. The normalized spacial score (nSPS) is 22.4. The molecule has 1 heterocycles. The highest BCUT2D eigenvalue weighted by atomic mass is 31.1. The first kappa shape index (κ1) is 15.5. The Bertz CT molecular complexity index is 313. The van der Waals surface area contributed by atoms with Gasteiger partial charge in [0.15, 0.2) is 6.29 Å². The van der Waals surface area contributed by atoms with E-state index in [2.05, 4.69) is 23.2 Å². The lowest BCUT2D eigenvalue weighted by molar-refractivity contribution is 0.0477. The highest BCUT2D eigenvalue weighted by Crippen LogP contribution is 2.19. The minimum atomic E-state index is -0.427. The maximum atomic E-state index is 11.7. The number of nitrogens with zero attached hydrogens (tertiary/aromatic N) is 1. The largest absolute Gasteiger partial charge is 0.444 e. The van der Waals surface area contributed by atoms with Crippen molar-refractivity contribution in [3.63, 3.8) is 0 Å². The maximum Gasteiger partial charge on any atom is 0.407 e. The lowest BCUT2D eigenvalue weighted by Crippen LogP contribution is -2.48. The molecular weight excluding hydrogens is 247 g/mol. The van der Waals surface area contributed by atoms with Crippen LogP contribution in [0.2, 0.25) is 0 Å². The predicted octanol–water partition coefficient (Wildman–Crippen LogP) is 2.48. The number of alkyl carbamates (subject to hydrolysis) is 1. The van der Waals surface area contributed by atoms with Gasteiger partial charge in [0, 0.05) is 19.1 Å². The number of amides is 1. The zero-order valence-corrected chi connectivity index (χ0v) is 12.9. The molecule has 18 heavy (non-hydrogen) atoms. The van der Waals surface area contributed by atoms with Crippen LogP contribution in [0.1, 0.15) is 33.6 Å². The van der Waals surface area contributed by atoms with Crippen LogP contribution in [0.3, 0.4) is 0 Å². The number of hydrogen-bond acceptors (Lipinski definition) is 3. The van der Waals surface area contributed by atoms with Crippen LogP contribution in [0.4, 0.5) is 4.79 Å². The molecule has 2 unspecified atom stereocenters.